The van der Waals surface area contributed by atoms with Crippen molar-refractivity contribution in [3.8, 4) is 11.1 Å². The fourth-order valence-corrected chi connectivity index (χ4v) is 5.46. The van der Waals surface area contributed by atoms with Gasteiger partial charge in [0.1, 0.15) is 6.04 Å². The zero-order valence-electron chi connectivity index (χ0n) is 17.7. The van der Waals surface area contributed by atoms with Crippen LogP contribution in [-0.4, -0.2) is 60.3 Å². The van der Waals surface area contributed by atoms with Crippen LogP contribution in [0.4, 0.5) is 0 Å². The minimum Gasteiger partial charge on any atom is -0.335 e. The van der Waals surface area contributed by atoms with Gasteiger partial charge in [0.15, 0.2) is 0 Å². The lowest BCUT2D eigenvalue weighted by Crippen LogP contribution is -2.61. The number of sulfonamides is 1. The summed E-state index contributed by atoms with van der Waals surface area (Å²) in [5.41, 5.74) is 3.94. The van der Waals surface area contributed by atoms with E-state index >= 15 is 0 Å². The van der Waals surface area contributed by atoms with E-state index in [-0.39, 0.29) is 30.4 Å². The number of nitrogens with one attached hydrogen (secondary N) is 1. The largest absolute Gasteiger partial charge is 0.335 e. The van der Waals surface area contributed by atoms with E-state index in [1.165, 1.54) is 22.5 Å². The molecule has 1 atom stereocenters. The number of rotatable bonds is 5. The van der Waals surface area contributed by atoms with E-state index in [0.29, 0.717) is 5.56 Å². The average molecular weight is 466 g/mol. The molecule has 0 bridgehead atoms. The molecule has 0 radical (unpaired) electrons. The first-order valence-corrected chi connectivity index (χ1v) is 11.8. The van der Waals surface area contributed by atoms with Crippen molar-refractivity contribution in [3.63, 3.8) is 0 Å². The summed E-state index contributed by atoms with van der Waals surface area (Å²) in [6.07, 6.45) is 0. The van der Waals surface area contributed by atoms with Crippen LogP contribution in [0.15, 0.2) is 89.8 Å². The second kappa shape index (κ2) is 9.53. The van der Waals surface area contributed by atoms with Crippen molar-refractivity contribution in [2.24, 2.45) is 0 Å². The maximum atomic E-state index is 13.1. The van der Waals surface area contributed by atoms with Crippen LogP contribution in [0, 0.1) is 0 Å². The fraction of sp³-hybridized carbons (Fsp3) is 0.167. The molecular formula is C24H23N3O5S. The summed E-state index contributed by atoms with van der Waals surface area (Å²) in [6.45, 7) is -0.151. The molecule has 3 aromatic carbocycles. The smallest absolute Gasteiger partial charge is 0.263 e. The Balaban J connectivity index is 1.55. The number of carbonyl (C=O) groups excluding carboxylic acids is 2. The SMILES string of the molecule is O=C(NO)C1CN(C(=O)c2ccc(-c3ccccc3)cc2)CCN1S(=O)(=O)c1ccccc1. The standard InChI is InChI=1S/C24H23N3O5S/c28-23(25-30)22-17-26(15-16-27(22)33(31,32)21-9-5-2-6-10-21)24(29)20-13-11-19(12-14-20)18-7-3-1-4-8-18/h1-14,22,30H,15-17H2,(H,25,28). The predicted octanol–water partition coefficient (Wildman–Crippen LogP) is 2.37. The monoisotopic (exact) mass is 465 g/mol. The first-order chi connectivity index (χ1) is 15.9. The van der Waals surface area contributed by atoms with Gasteiger partial charge in [-0.1, -0.05) is 60.7 Å². The molecule has 2 amide bonds. The zero-order valence-corrected chi connectivity index (χ0v) is 18.5. The molecule has 1 fully saturated rings. The minimum absolute atomic E-state index is 0.0389. The van der Waals surface area contributed by atoms with Crippen molar-refractivity contribution in [1.29, 1.82) is 0 Å². The molecule has 1 heterocycles. The van der Waals surface area contributed by atoms with Crippen molar-refractivity contribution in [2.75, 3.05) is 19.6 Å². The molecule has 3 aromatic rings. The lowest BCUT2D eigenvalue weighted by atomic mass is 10.0. The molecule has 2 N–H and O–H groups in total. The minimum atomic E-state index is -3.99. The summed E-state index contributed by atoms with van der Waals surface area (Å²) in [7, 11) is -3.99. The van der Waals surface area contributed by atoms with Crippen LogP contribution in [0.25, 0.3) is 11.1 Å². The van der Waals surface area contributed by atoms with Gasteiger partial charge >= 0.3 is 0 Å². The van der Waals surface area contributed by atoms with Crippen molar-refractivity contribution in [2.45, 2.75) is 10.9 Å². The van der Waals surface area contributed by atoms with E-state index in [4.69, 9.17) is 0 Å². The van der Waals surface area contributed by atoms with Gasteiger partial charge in [0.05, 0.1) is 4.90 Å². The molecule has 8 nitrogen and oxygen atoms in total. The molecule has 33 heavy (non-hydrogen) atoms. The molecule has 4 rings (SSSR count). The molecule has 0 aromatic heterocycles. The Morgan fingerprint density at radius 1 is 0.818 bits per heavy atom. The molecule has 0 aliphatic carbocycles. The Bertz CT molecular complexity index is 1230. The van der Waals surface area contributed by atoms with Crippen molar-refractivity contribution < 1.29 is 23.2 Å². The third-order valence-corrected chi connectivity index (χ3v) is 7.54. The van der Waals surface area contributed by atoms with E-state index < -0.39 is 22.0 Å². The second-order valence-electron chi connectivity index (χ2n) is 7.62. The van der Waals surface area contributed by atoms with Crippen LogP contribution in [-0.2, 0) is 14.8 Å². The molecule has 0 saturated carbocycles. The maximum Gasteiger partial charge on any atom is 0.263 e. The van der Waals surface area contributed by atoms with E-state index in [1.807, 2.05) is 42.5 Å². The number of nitrogens with zero attached hydrogens (tertiary/aromatic N) is 2. The van der Waals surface area contributed by atoms with Crippen LogP contribution in [0.2, 0.25) is 0 Å². The normalized spacial score (nSPS) is 16.9. The topological polar surface area (TPSA) is 107 Å². The average Bonchev–Trinajstić information content (AvgIpc) is 2.88. The summed E-state index contributed by atoms with van der Waals surface area (Å²) >= 11 is 0. The van der Waals surface area contributed by atoms with Crippen LogP contribution in [0.3, 0.4) is 0 Å². The molecular weight excluding hydrogens is 442 g/mol. The lowest BCUT2D eigenvalue weighted by Gasteiger charge is -2.39. The van der Waals surface area contributed by atoms with Gasteiger partial charge in [-0.15, -0.1) is 0 Å². The predicted molar refractivity (Wildman–Crippen MR) is 122 cm³/mol. The van der Waals surface area contributed by atoms with E-state index in [0.717, 1.165) is 15.4 Å². The molecule has 1 unspecified atom stereocenters. The highest BCUT2D eigenvalue weighted by Gasteiger charge is 2.41. The molecule has 0 spiro atoms. The van der Waals surface area contributed by atoms with Crippen LogP contribution >= 0.6 is 0 Å². The summed E-state index contributed by atoms with van der Waals surface area (Å²) in [5, 5.41) is 9.20. The highest BCUT2D eigenvalue weighted by atomic mass is 32.2. The fourth-order valence-electron chi connectivity index (χ4n) is 3.87. The van der Waals surface area contributed by atoms with Gasteiger partial charge in [-0.2, -0.15) is 4.31 Å². The van der Waals surface area contributed by atoms with Crippen molar-refractivity contribution in [1.82, 2.24) is 14.7 Å². The molecule has 1 aliphatic heterocycles. The molecule has 1 saturated heterocycles. The zero-order chi connectivity index (χ0) is 23.4. The summed E-state index contributed by atoms with van der Waals surface area (Å²) in [4.78, 5) is 26.9. The number of hydroxylamine groups is 1. The third kappa shape index (κ3) is 4.65. The van der Waals surface area contributed by atoms with E-state index in [1.54, 1.807) is 30.3 Å². The summed E-state index contributed by atoms with van der Waals surface area (Å²) in [5.74, 6) is -1.21. The number of benzene rings is 3. The van der Waals surface area contributed by atoms with Gasteiger partial charge in [0.25, 0.3) is 11.8 Å². The van der Waals surface area contributed by atoms with Crippen molar-refractivity contribution in [3.05, 3.63) is 90.5 Å². The Morgan fingerprint density at radius 2 is 1.39 bits per heavy atom. The Morgan fingerprint density at radius 3 is 2.00 bits per heavy atom. The highest BCUT2D eigenvalue weighted by Crippen LogP contribution is 2.24. The first-order valence-electron chi connectivity index (χ1n) is 10.4. The maximum absolute atomic E-state index is 13.1. The lowest BCUT2D eigenvalue weighted by molar-refractivity contribution is -0.134. The number of amides is 2. The third-order valence-electron chi connectivity index (χ3n) is 5.62. The second-order valence-corrected chi connectivity index (χ2v) is 9.51. The first kappa shape index (κ1) is 22.7. The number of piperazine rings is 1. The Labute approximate surface area is 192 Å². The number of hydrogen-bond acceptors (Lipinski definition) is 5. The van der Waals surface area contributed by atoms with Gasteiger partial charge in [-0.05, 0) is 35.4 Å². The summed E-state index contributed by atoms with van der Waals surface area (Å²) < 4.78 is 27.2. The quantitative estimate of drug-likeness (QED) is 0.444. The molecule has 170 valence electrons. The van der Waals surface area contributed by atoms with Gasteiger partial charge in [0, 0.05) is 25.2 Å². The Hall–Kier alpha value is -3.53. The van der Waals surface area contributed by atoms with Gasteiger partial charge in [-0.25, -0.2) is 13.9 Å². The van der Waals surface area contributed by atoms with Crippen molar-refractivity contribution >= 4 is 21.8 Å². The molecule has 1 aliphatic rings. The van der Waals surface area contributed by atoms with E-state index in [9.17, 15) is 23.2 Å². The van der Waals surface area contributed by atoms with E-state index in [2.05, 4.69) is 0 Å². The van der Waals surface area contributed by atoms with Gasteiger partial charge < -0.3 is 4.90 Å². The molecule has 9 heteroatoms. The van der Waals surface area contributed by atoms with Crippen LogP contribution < -0.4 is 5.48 Å². The number of hydrogen-bond donors (Lipinski definition) is 2. The van der Waals surface area contributed by atoms with Gasteiger partial charge in [0.2, 0.25) is 10.0 Å². The summed E-state index contributed by atoms with van der Waals surface area (Å²) in [6, 6.07) is 23.3. The Kier molecular flexibility index (Phi) is 6.55. The highest BCUT2D eigenvalue weighted by molar-refractivity contribution is 7.89. The van der Waals surface area contributed by atoms with Crippen LogP contribution in [0.5, 0.6) is 0 Å². The van der Waals surface area contributed by atoms with Crippen LogP contribution in [0.1, 0.15) is 10.4 Å². The number of carbonyl (C=O) groups is 2. The van der Waals surface area contributed by atoms with Gasteiger partial charge in [-0.3, -0.25) is 14.8 Å².